The molecule has 28 heavy (non-hydrogen) atoms. The summed E-state index contributed by atoms with van der Waals surface area (Å²) >= 11 is 0. The number of aryl methyl sites for hydroxylation is 1. The highest BCUT2D eigenvalue weighted by Crippen LogP contribution is 2.32. The molecule has 4 nitrogen and oxygen atoms in total. The second kappa shape index (κ2) is 11.5. The number of anilines is 1. The van der Waals surface area contributed by atoms with Crippen molar-refractivity contribution in [1.82, 2.24) is 0 Å². The predicted octanol–water partition coefficient (Wildman–Crippen LogP) is 6.37. The van der Waals surface area contributed by atoms with E-state index in [0.29, 0.717) is 31.3 Å². The number of hydrogen-bond acceptors (Lipinski definition) is 3. The number of nitrogens with one attached hydrogen (secondary N) is 1. The Labute approximate surface area is 172 Å². The van der Waals surface area contributed by atoms with Crippen LogP contribution in [0.5, 0.6) is 5.75 Å². The zero-order valence-electron chi connectivity index (χ0n) is 19.2. The first kappa shape index (κ1) is 24.5. The first-order valence-electron chi connectivity index (χ1n) is 10.9. The minimum absolute atomic E-state index is 0.0432. The summed E-state index contributed by atoms with van der Waals surface area (Å²) in [5, 5.41) is 3.12. The molecule has 0 aliphatic rings. The van der Waals surface area contributed by atoms with E-state index in [4.69, 9.17) is 9.47 Å². The molecule has 1 unspecified atom stereocenters. The van der Waals surface area contributed by atoms with Crippen LogP contribution < -0.4 is 10.1 Å². The molecule has 0 spiro atoms. The Morgan fingerprint density at radius 2 is 1.68 bits per heavy atom. The van der Waals surface area contributed by atoms with Crippen molar-refractivity contribution in [3.63, 3.8) is 0 Å². The van der Waals surface area contributed by atoms with Gasteiger partial charge in [-0.2, -0.15) is 0 Å². The van der Waals surface area contributed by atoms with Crippen LogP contribution in [0.2, 0.25) is 0 Å². The first-order chi connectivity index (χ1) is 13.1. The third-order valence-electron chi connectivity index (χ3n) is 4.81. The standard InChI is InChI=1S/C24H41NO3/c1-9-13-27-24(15-17(3)4,16-18(5)6)23(26)25-21-11-12-22(19(7)14-21)28-20(8)10-2/h11-12,14,17-18,20H,9-10,13,15-16H2,1-8H3,(H,25,26). The van der Waals surface area contributed by atoms with Gasteiger partial charge in [-0.05, 0) is 75.1 Å². The Kier molecular flexibility index (Phi) is 10.0. The molecule has 0 saturated carbocycles. The van der Waals surface area contributed by atoms with Crippen molar-refractivity contribution >= 4 is 11.6 Å². The van der Waals surface area contributed by atoms with Crippen molar-refractivity contribution in [2.24, 2.45) is 11.8 Å². The average Bonchev–Trinajstić information content (AvgIpc) is 2.60. The van der Waals surface area contributed by atoms with E-state index >= 15 is 0 Å². The van der Waals surface area contributed by atoms with E-state index in [0.717, 1.165) is 29.8 Å². The van der Waals surface area contributed by atoms with Crippen LogP contribution in [0.3, 0.4) is 0 Å². The summed E-state index contributed by atoms with van der Waals surface area (Å²) < 4.78 is 12.2. The van der Waals surface area contributed by atoms with Crippen molar-refractivity contribution < 1.29 is 14.3 Å². The summed E-state index contributed by atoms with van der Waals surface area (Å²) in [6.07, 6.45) is 3.45. The maximum atomic E-state index is 13.4. The van der Waals surface area contributed by atoms with Crippen molar-refractivity contribution in [3.8, 4) is 5.75 Å². The monoisotopic (exact) mass is 391 g/mol. The maximum Gasteiger partial charge on any atom is 0.256 e. The lowest BCUT2D eigenvalue weighted by Gasteiger charge is -2.35. The maximum absolute atomic E-state index is 13.4. The van der Waals surface area contributed by atoms with E-state index in [9.17, 15) is 4.79 Å². The van der Waals surface area contributed by atoms with Crippen LogP contribution in [0.25, 0.3) is 0 Å². The fourth-order valence-electron chi connectivity index (χ4n) is 3.47. The van der Waals surface area contributed by atoms with Crippen LogP contribution in [0.15, 0.2) is 18.2 Å². The Hall–Kier alpha value is -1.55. The highest BCUT2D eigenvalue weighted by molar-refractivity contribution is 5.97. The van der Waals surface area contributed by atoms with E-state index in [1.54, 1.807) is 0 Å². The van der Waals surface area contributed by atoms with Crippen LogP contribution in [0, 0.1) is 18.8 Å². The van der Waals surface area contributed by atoms with Gasteiger partial charge in [-0.25, -0.2) is 0 Å². The third kappa shape index (κ3) is 7.46. The molecular formula is C24H41NO3. The summed E-state index contributed by atoms with van der Waals surface area (Å²) in [4.78, 5) is 13.4. The SMILES string of the molecule is CCCOC(CC(C)C)(CC(C)C)C(=O)Nc1ccc(OC(C)CC)c(C)c1. The van der Waals surface area contributed by atoms with Crippen molar-refractivity contribution in [2.45, 2.75) is 92.8 Å². The number of amides is 1. The molecule has 0 radical (unpaired) electrons. The van der Waals surface area contributed by atoms with Gasteiger partial charge in [0, 0.05) is 12.3 Å². The molecule has 0 fully saturated rings. The Bertz CT molecular complexity index is 600. The second-order valence-electron chi connectivity index (χ2n) is 8.81. The molecule has 0 saturated heterocycles. The molecule has 1 aromatic rings. The van der Waals surface area contributed by atoms with E-state index in [1.165, 1.54) is 0 Å². The van der Waals surface area contributed by atoms with Gasteiger partial charge < -0.3 is 14.8 Å². The molecule has 4 heteroatoms. The van der Waals surface area contributed by atoms with E-state index in [-0.39, 0.29) is 12.0 Å². The Morgan fingerprint density at radius 3 is 2.14 bits per heavy atom. The second-order valence-corrected chi connectivity index (χ2v) is 8.81. The Balaban J connectivity index is 3.06. The van der Waals surface area contributed by atoms with Gasteiger partial charge in [-0.3, -0.25) is 4.79 Å². The first-order valence-corrected chi connectivity index (χ1v) is 10.9. The van der Waals surface area contributed by atoms with Crippen molar-refractivity contribution in [3.05, 3.63) is 23.8 Å². The lowest BCUT2D eigenvalue weighted by Crippen LogP contribution is -2.47. The van der Waals surface area contributed by atoms with Gasteiger partial charge in [-0.1, -0.05) is 41.5 Å². The smallest absolute Gasteiger partial charge is 0.256 e. The summed E-state index contributed by atoms with van der Waals surface area (Å²) in [6, 6.07) is 5.83. The summed E-state index contributed by atoms with van der Waals surface area (Å²) in [5.74, 6) is 1.56. The molecular weight excluding hydrogens is 350 g/mol. The predicted molar refractivity (Wildman–Crippen MR) is 118 cm³/mol. The third-order valence-corrected chi connectivity index (χ3v) is 4.81. The zero-order valence-corrected chi connectivity index (χ0v) is 19.2. The summed E-state index contributed by atoms with van der Waals surface area (Å²) in [6.45, 7) is 17.4. The minimum Gasteiger partial charge on any atom is -0.490 e. The lowest BCUT2D eigenvalue weighted by molar-refractivity contribution is -0.147. The average molecular weight is 392 g/mol. The quantitative estimate of drug-likeness (QED) is 0.450. The molecule has 1 aromatic carbocycles. The summed E-state index contributed by atoms with van der Waals surface area (Å²) in [5.41, 5.74) is 1.01. The fraction of sp³-hybridized carbons (Fsp3) is 0.708. The van der Waals surface area contributed by atoms with Gasteiger partial charge in [0.1, 0.15) is 11.4 Å². The number of rotatable bonds is 12. The molecule has 1 atom stereocenters. The number of carbonyl (C=O) groups is 1. The van der Waals surface area contributed by atoms with Gasteiger partial charge in [0.2, 0.25) is 0 Å². The number of ether oxygens (including phenoxy) is 2. The van der Waals surface area contributed by atoms with Crippen molar-refractivity contribution in [1.29, 1.82) is 0 Å². The molecule has 1 amide bonds. The molecule has 0 aliphatic carbocycles. The molecule has 0 heterocycles. The van der Waals surface area contributed by atoms with Crippen LogP contribution in [0.1, 0.15) is 79.7 Å². The van der Waals surface area contributed by atoms with Gasteiger partial charge in [0.15, 0.2) is 0 Å². The number of carbonyl (C=O) groups excluding carboxylic acids is 1. The van der Waals surface area contributed by atoms with Gasteiger partial charge in [0.25, 0.3) is 5.91 Å². The van der Waals surface area contributed by atoms with E-state index in [1.807, 2.05) is 25.1 Å². The van der Waals surface area contributed by atoms with Gasteiger partial charge in [0.05, 0.1) is 6.10 Å². The fourth-order valence-corrected chi connectivity index (χ4v) is 3.47. The molecule has 0 aromatic heterocycles. The largest absolute Gasteiger partial charge is 0.490 e. The van der Waals surface area contributed by atoms with Crippen LogP contribution in [0.4, 0.5) is 5.69 Å². The normalized spacial score (nSPS) is 13.1. The van der Waals surface area contributed by atoms with Crippen LogP contribution in [-0.4, -0.2) is 24.2 Å². The van der Waals surface area contributed by atoms with Gasteiger partial charge >= 0.3 is 0 Å². The topological polar surface area (TPSA) is 47.6 Å². The highest BCUT2D eigenvalue weighted by atomic mass is 16.5. The molecule has 1 N–H and O–H groups in total. The highest BCUT2D eigenvalue weighted by Gasteiger charge is 2.40. The zero-order chi connectivity index (χ0) is 21.3. The number of hydrogen-bond donors (Lipinski definition) is 1. The molecule has 0 bridgehead atoms. The Morgan fingerprint density at radius 1 is 1.07 bits per heavy atom. The molecule has 1 rings (SSSR count). The number of benzene rings is 1. The van der Waals surface area contributed by atoms with Crippen LogP contribution in [-0.2, 0) is 9.53 Å². The van der Waals surface area contributed by atoms with Crippen LogP contribution >= 0.6 is 0 Å². The molecule has 0 aliphatic heterocycles. The van der Waals surface area contributed by atoms with E-state index in [2.05, 4.69) is 53.8 Å². The van der Waals surface area contributed by atoms with Gasteiger partial charge in [-0.15, -0.1) is 0 Å². The minimum atomic E-state index is -0.794. The molecule has 160 valence electrons. The lowest BCUT2D eigenvalue weighted by atomic mass is 9.83. The van der Waals surface area contributed by atoms with E-state index < -0.39 is 5.60 Å². The van der Waals surface area contributed by atoms with Crippen molar-refractivity contribution in [2.75, 3.05) is 11.9 Å². The summed E-state index contributed by atoms with van der Waals surface area (Å²) in [7, 11) is 0.